The van der Waals surface area contributed by atoms with Crippen LogP contribution >= 0.6 is 11.6 Å². The predicted molar refractivity (Wildman–Crippen MR) is 148 cm³/mol. The van der Waals surface area contributed by atoms with Crippen LogP contribution in [0.3, 0.4) is 0 Å². The SMILES string of the molecule is [2H]OC(C)(C([2H])([2H])[2H])C([2H])([2H])C([2H])([2H])n1ncc(-c2onc(-c3c(F)cc(OCCN4CCOCC4)cc3Cl)c2-c2ncccn2)c1C(F)(F)F. The molecule has 230 valence electrons. The fraction of sp³-hybridized carbons (Fsp3) is 0.429. The number of alkyl halides is 3. The monoisotopic (exact) mass is 632 g/mol. The van der Waals surface area contributed by atoms with E-state index >= 15 is 4.39 Å². The number of hydrogen-bond acceptors (Lipinski definition) is 9. The molecular formula is C28H29ClF4N6O4. The van der Waals surface area contributed by atoms with Gasteiger partial charge in [-0.25, -0.2) is 14.4 Å². The van der Waals surface area contributed by atoms with Crippen molar-refractivity contribution in [3.63, 3.8) is 0 Å². The second-order valence-corrected chi connectivity index (χ2v) is 9.87. The number of nitrogens with zero attached hydrogens (tertiary/aromatic N) is 6. The van der Waals surface area contributed by atoms with Gasteiger partial charge in [0.05, 0.1) is 49.5 Å². The summed E-state index contributed by atoms with van der Waals surface area (Å²) in [4.78, 5) is 10.2. The number of halogens is 5. The van der Waals surface area contributed by atoms with Gasteiger partial charge in [-0.05, 0) is 32.3 Å². The minimum absolute atomic E-state index is 0.0496. The molecule has 4 aromatic rings. The molecule has 5 rings (SSSR count). The van der Waals surface area contributed by atoms with Crippen molar-refractivity contribution in [2.75, 3.05) is 39.5 Å². The molecule has 0 aliphatic carbocycles. The average molecular weight is 633 g/mol. The first kappa shape index (κ1) is 22.0. The number of aryl methyl sites for hydroxylation is 1. The molecule has 15 heteroatoms. The summed E-state index contributed by atoms with van der Waals surface area (Å²) < 4.78 is 140. The lowest BCUT2D eigenvalue weighted by Crippen LogP contribution is -2.38. The third-order valence-corrected chi connectivity index (χ3v) is 6.49. The van der Waals surface area contributed by atoms with E-state index in [0.29, 0.717) is 46.0 Å². The Morgan fingerprint density at radius 1 is 1.21 bits per heavy atom. The van der Waals surface area contributed by atoms with Crippen molar-refractivity contribution < 1.29 is 46.3 Å². The quantitative estimate of drug-likeness (QED) is 0.219. The molecule has 1 N–H and O–H groups in total. The molecule has 10 nitrogen and oxygen atoms in total. The van der Waals surface area contributed by atoms with Gasteiger partial charge in [0.15, 0.2) is 17.3 Å². The summed E-state index contributed by atoms with van der Waals surface area (Å²) in [7, 11) is 0. The van der Waals surface area contributed by atoms with Gasteiger partial charge in [-0.2, -0.15) is 18.3 Å². The maximum atomic E-state index is 15.8. The zero-order valence-electron chi connectivity index (χ0n) is 30.4. The molecule has 1 fully saturated rings. The van der Waals surface area contributed by atoms with Crippen LogP contribution in [0, 0.1) is 5.82 Å². The molecular weight excluding hydrogens is 596 g/mol. The maximum absolute atomic E-state index is 15.8. The second-order valence-electron chi connectivity index (χ2n) is 9.46. The molecule has 1 atom stereocenters. The molecule has 4 heterocycles. The molecule has 0 bridgehead atoms. The topological polar surface area (TPSA) is 112 Å². The van der Waals surface area contributed by atoms with E-state index in [2.05, 4.69) is 30.2 Å². The van der Waals surface area contributed by atoms with Gasteiger partial charge in [0.2, 0.25) is 1.43 Å². The van der Waals surface area contributed by atoms with E-state index in [0.717, 1.165) is 6.07 Å². The van der Waals surface area contributed by atoms with Gasteiger partial charge in [0.25, 0.3) is 0 Å². The van der Waals surface area contributed by atoms with Crippen molar-refractivity contribution in [2.24, 2.45) is 0 Å². The highest BCUT2D eigenvalue weighted by Gasteiger charge is 2.41. The van der Waals surface area contributed by atoms with Crippen LogP contribution in [0.25, 0.3) is 34.0 Å². The number of ether oxygens (including phenoxy) is 2. The number of benzene rings is 1. The first-order valence-electron chi connectivity index (χ1n) is 16.7. The Morgan fingerprint density at radius 3 is 2.65 bits per heavy atom. The van der Waals surface area contributed by atoms with Gasteiger partial charge in [0, 0.05) is 51.4 Å². The summed E-state index contributed by atoms with van der Waals surface area (Å²) >= 11 is 6.49. The summed E-state index contributed by atoms with van der Waals surface area (Å²) in [6.45, 7) is -3.72. The Bertz CT molecular complexity index is 1840. The molecule has 0 radical (unpaired) electrons. The van der Waals surface area contributed by atoms with Gasteiger partial charge in [-0.3, -0.25) is 9.58 Å². The first-order valence-corrected chi connectivity index (χ1v) is 13.1. The van der Waals surface area contributed by atoms with Gasteiger partial charge in [0.1, 0.15) is 23.9 Å². The third kappa shape index (κ3) is 7.15. The van der Waals surface area contributed by atoms with Crippen LogP contribution in [-0.4, -0.2) is 81.4 Å². The van der Waals surface area contributed by atoms with E-state index in [9.17, 15) is 13.2 Å². The third-order valence-electron chi connectivity index (χ3n) is 6.20. The minimum Gasteiger partial charge on any atom is -0.492 e. The van der Waals surface area contributed by atoms with E-state index in [1.165, 1.54) is 24.5 Å². The van der Waals surface area contributed by atoms with Crippen LogP contribution in [0.15, 0.2) is 41.3 Å². The largest absolute Gasteiger partial charge is 0.492 e. The van der Waals surface area contributed by atoms with Crippen molar-refractivity contribution in [3.8, 4) is 39.7 Å². The normalized spacial score (nSPS) is 19.6. The summed E-state index contributed by atoms with van der Waals surface area (Å²) in [5.74, 6) is -2.06. The molecule has 43 heavy (non-hydrogen) atoms. The number of morpholine rings is 1. The van der Waals surface area contributed by atoms with Gasteiger partial charge in [-0.1, -0.05) is 16.8 Å². The van der Waals surface area contributed by atoms with Crippen LogP contribution in [0.1, 0.15) is 35.4 Å². The highest BCUT2D eigenvalue weighted by atomic mass is 35.5. The van der Waals surface area contributed by atoms with Crippen LogP contribution in [-0.2, 0) is 17.4 Å². The molecule has 1 aliphatic heterocycles. The molecule has 1 aliphatic rings. The van der Waals surface area contributed by atoms with Crippen LogP contribution in [0.2, 0.25) is 5.02 Å². The minimum atomic E-state index is -5.52. The standard InChI is InChI=1S/C28H29ClF4N6O4/c1-27(2,40)4-7-39-25(28(31,32)33)18(16-36-39)24-22(26-34-5-3-6-35-26)23(37-43-24)21-19(29)14-17(15-20(21)30)42-13-10-38-8-11-41-12-9-38/h3,5-6,14-16,40H,4,7-13H2,1-2H3/i1D3,4D2,7D2,40D. The summed E-state index contributed by atoms with van der Waals surface area (Å²) in [6, 6.07) is 3.66. The van der Waals surface area contributed by atoms with Crippen LogP contribution in [0.4, 0.5) is 17.6 Å². The summed E-state index contributed by atoms with van der Waals surface area (Å²) in [5, 5.41) is 11.2. The second kappa shape index (κ2) is 12.6. The van der Waals surface area contributed by atoms with Crippen molar-refractivity contribution >= 4 is 11.6 Å². The number of hydrogen-bond donors (Lipinski definition) is 1. The summed E-state index contributed by atoms with van der Waals surface area (Å²) in [6.07, 6.45) is -6.45. The maximum Gasteiger partial charge on any atom is 0.433 e. The van der Waals surface area contributed by atoms with Gasteiger partial charge >= 0.3 is 6.18 Å². The molecule has 1 unspecified atom stereocenters. The van der Waals surface area contributed by atoms with Gasteiger partial charge in [-0.15, -0.1) is 0 Å². The molecule has 1 saturated heterocycles. The molecule has 3 aromatic heterocycles. The Morgan fingerprint density at radius 2 is 1.98 bits per heavy atom. The van der Waals surface area contributed by atoms with E-state index in [1.807, 2.05) is 0 Å². The van der Waals surface area contributed by atoms with Crippen molar-refractivity contribution in [3.05, 3.63) is 53.3 Å². The van der Waals surface area contributed by atoms with Crippen molar-refractivity contribution in [2.45, 2.75) is 38.4 Å². The van der Waals surface area contributed by atoms with Crippen molar-refractivity contribution in [1.82, 2.24) is 29.8 Å². The Labute approximate surface area is 260 Å². The zero-order chi connectivity index (χ0) is 37.6. The lowest BCUT2D eigenvalue weighted by atomic mass is 10.0. The van der Waals surface area contributed by atoms with Crippen LogP contribution in [0.5, 0.6) is 5.75 Å². The highest BCUT2D eigenvalue weighted by Crippen LogP contribution is 2.46. The van der Waals surface area contributed by atoms with E-state index < -0.39 is 75.8 Å². The Kier molecular flexibility index (Phi) is 6.43. The van der Waals surface area contributed by atoms with E-state index in [4.69, 9.17) is 36.6 Å². The Balaban J connectivity index is 1.63. The number of rotatable bonds is 11. The number of aromatic nitrogens is 5. The average Bonchev–Trinajstić information content (AvgIpc) is 3.70. The fourth-order valence-electron chi connectivity index (χ4n) is 4.29. The van der Waals surface area contributed by atoms with E-state index in [-0.39, 0.29) is 23.2 Å². The molecule has 0 saturated carbocycles. The zero-order valence-corrected chi connectivity index (χ0v) is 23.2. The Hall–Kier alpha value is -3.59. The molecule has 0 amide bonds. The van der Waals surface area contributed by atoms with Crippen molar-refractivity contribution in [1.29, 1.82) is 1.43 Å². The molecule has 1 aromatic carbocycles. The predicted octanol–water partition coefficient (Wildman–Crippen LogP) is 5.35. The molecule has 0 spiro atoms. The van der Waals surface area contributed by atoms with E-state index in [1.54, 1.807) is 0 Å². The highest BCUT2D eigenvalue weighted by molar-refractivity contribution is 6.33. The first-order chi connectivity index (χ1) is 23.8. The van der Waals surface area contributed by atoms with Crippen LogP contribution < -0.4 is 4.74 Å². The fourth-order valence-corrected chi connectivity index (χ4v) is 4.58. The number of aliphatic hydroxyl groups is 1. The lowest BCUT2D eigenvalue weighted by Gasteiger charge is -2.26. The smallest absolute Gasteiger partial charge is 0.433 e. The lowest BCUT2D eigenvalue weighted by molar-refractivity contribution is -0.144. The van der Waals surface area contributed by atoms with Gasteiger partial charge < -0.3 is 19.1 Å². The summed E-state index contributed by atoms with van der Waals surface area (Å²) in [5.41, 5.74) is -7.57.